The van der Waals surface area contributed by atoms with E-state index in [4.69, 9.17) is 4.74 Å². The Bertz CT molecular complexity index is 984. The number of sulfonamides is 1. The molecule has 1 aliphatic rings. The highest BCUT2D eigenvalue weighted by molar-refractivity contribution is 7.90. The van der Waals surface area contributed by atoms with Gasteiger partial charge >= 0.3 is 0 Å². The summed E-state index contributed by atoms with van der Waals surface area (Å²) in [5.41, 5.74) is 1.04. The maximum atomic E-state index is 12.5. The zero-order valence-electron chi connectivity index (χ0n) is 15.7. The molecule has 0 radical (unpaired) electrons. The van der Waals surface area contributed by atoms with Crippen molar-refractivity contribution < 1.29 is 22.7 Å². The van der Waals surface area contributed by atoms with E-state index in [0.29, 0.717) is 6.54 Å². The Morgan fingerprint density at radius 2 is 1.79 bits per heavy atom. The van der Waals surface area contributed by atoms with Crippen LogP contribution in [0.2, 0.25) is 0 Å². The summed E-state index contributed by atoms with van der Waals surface area (Å²) >= 11 is 0. The Hall–Kier alpha value is -2.87. The molecule has 2 amide bonds. The summed E-state index contributed by atoms with van der Waals surface area (Å²) in [5, 5.41) is 2.73. The Balaban J connectivity index is 1.53. The van der Waals surface area contributed by atoms with Crippen LogP contribution in [0, 0.1) is 0 Å². The number of carbonyl (C=O) groups excluding carboxylic acids is 2. The number of rotatable bonds is 7. The molecule has 0 saturated heterocycles. The van der Waals surface area contributed by atoms with Gasteiger partial charge in [0.15, 0.2) is 0 Å². The second-order valence-electron chi connectivity index (χ2n) is 6.72. The average Bonchev–Trinajstić information content (AvgIpc) is 2.85. The van der Waals surface area contributed by atoms with Gasteiger partial charge in [-0.1, -0.05) is 24.3 Å². The highest BCUT2D eigenvalue weighted by atomic mass is 32.2. The molecule has 1 aliphatic heterocycles. The van der Waals surface area contributed by atoms with Crippen molar-refractivity contribution in [1.82, 2.24) is 9.62 Å². The number of carbonyl (C=O) groups is 2. The van der Waals surface area contributed by atoms with E-state index in [1.54, 1.807) is 12.1 Å². The molecular weight excluding hydrogens is 380 g/mol. The van der Waals surface area contributed by atoms with Crippen LogP contribution in [0.5, 0.6) is 5.75 Å². The molecular formula is C20H22N2O5S. The van der Waals surface area contributed by atoms with Gasteiger partial charge in [-0.25, -0.2) is 12.7 Å². The molecule has 0 aliphatic carbocycles. The fourth-order valence-electron chi connectivity index (χ4n) is 2.90. The quantitative estimate of drug-likeness (QED) is 0.767. The molecule has 3 rings (SSSR count). The minimum atomic E-state index is -3.88. The predicted molar refractivity (Wildman–Crippen MR) is 103 cm³/mol. The van der Waals surface area contributed by atoms with Gasteiger partial charge in [0.2, 0.25) is 5.91 Å². The van der Waals surface area contributed by atoms with E-state index < -0.39 is 15.9 Å². The van der Waals surface area contributed by atoms with E-state index in [0.717, 1.165) is 15.6 Å². The van der Waals surface area contributed by atoms with Crippen LogP contribution >= 0.6 is 0 Å². The first-order valence-corrected chi connectivity index (χ1v) is 10.4. The minimum absolute atomic E-state index is 0.0101. The summed E-state index contributed by atoms with van der Waals surface area (Å²) in [6.07, 6.45) is -0.0192. The van der Waals surface area contributed by atoms with E-state index in [2.05, 4.69) is 5.32 Å². The van der Waals surface area contributed by atoms with Crippen molar-refractivity contribution in [3.63, 3.8) is 0 Å². The normalized spacial score (nSPS) is 14.8. The van der Waals surface area contributed by atoms with Crippen LogP contribution < -0.4 is 10.1 Å². The molecule has 0 spiro atoms. The number of fused-ring (bicyclic) bond motifs is 1. The molecule has 1 N–H and O–H groups in total. The van der Waals surface area contributed by atoms with Crippen molar-refractivity contribution in [3.05, 3.63) is 59.7 Å². The SMILES string of the molecule is CC(C)Oc1ccc(CNC(=O)CCN2C(=O)c3ccccc3S2(=O)=O)cc1. The maximum Gasteiger partial charge on any atom is 0.269 e. The summed E-state index contributed by atoms with van der Waals surface area (Å²) in [6.45, 7) is 4.00. The first kappa shape index (κ1) is 19.9. The van der Waals surface area contributed by atoms with Gasteiger partial charge in [-0.05, 0) is 43.7 Å². The van der Waals surface area contributed by atoms with Crippen molar-refractivity contribution in [2.45, 2.75) is 37.8 Å². The molecule has 2 aromatic rings. The monoisotopic (exact) mass is 402 g/mol. The first-order chi connectivity index (χ1) is 13.3. The predicted octanol–water partition coefficient (Wildman–Crippen LogP) is 2.32. The molecule has 7 nitrogen and oxygen atoms in total. The number of hydrogen-bond acceptors (Lipinski definition) is 5. The topological polar surface area (TPSA) is 92.8 Å². The van der Waals surface area contributed by atoms with Gasteiger partial charge < -0.3 is 10.1 Å². The number of nitrogens with one attached hydrogen (secondary N) is 1. The van der Waals surface area contributed by atoms with Gasteiger partial charge in [0.1, 0.15) is 10.6 Å². The molecule has 8 heteroatoms. The fraction of sp³-hybridized carbons (Fsp3) is 0.300. The fourth-order valence-corrected chi connectivity index (χ4v) is 4.47. The molecule has 0 bridgehead atoms. The van der Waals surface area contributed by atoms with Gasteiger partial charge in [-0.3, -0.25) is 9.59 Å². The maximum absolute atomic E-state index is 12.5. The second kappa shape index (κ2) is 8.02. The largest absolute Gasteiger partial charge is 0.491 e. The number of benzene rings is 2. The molecule has 1 heterocycles. The van der Waals surface area contributed by atoms with Crippen molar-refractivity contribution in [2.75, 3.05) is 6.54 Å². The van der Waals surface area contributed by atoms with Crippen molar-refractivity contribution >= 4 is 21.8 Å². The van der Waals surface area contributed by atoms with Crippen LogP contribution in [0.4, 0.5) is 0 Å². The lowest BCUT2D eigenvalue weighted by atomic mass is 10.2. The van der Waals surface area contributed by atoms with Crippen LogP contribution in [0.25, 0.3) is 0 Å². The minimum Gasteiger partial charge on any atom is -0.491 e. The van der Waals surface area contributed by atoms with Crippen LogP contribution in [0.1, 0.15) is 36.2 Å². The molecule has 2 aromatic carbocycles. The van der Waals surface area contributed by atoms with Gasteiger partial charge in [-0.15, -0.1) is 0 Å². The average molecular weight is 402 g/mol. The van der Waals surface area contributed by atoms with E-state index in [1.165, 1.54) is 12.1 Å². The molecule has 0 atom stereocenters. The van der Waals surface area contributed by atoms with E-state index in [-0.39, 0.29) is 35.4 Å². The molecule has 0 unspecified atom stereocenters. The lowest BCUT2D eigenvalue weighted by molar-refractivity contribution is -0.121. The van der Waals surface area contributed by atoms with Crippen molar-refractivity contribution in [2.24, 2.45) is 0 Å². The highest BCUT2D eigenvalue weighted by Gasteiger charge is 2.40. The molecule has 28 heavy (non-hydrogen) atoms. The smallest absolute Gasteiger partial charge is 0.269 e. The van der Waals surface area contributed by atoms with Crippen LogP contribution in [-0.2, 0) is 21.4 Å². The van der Waals surface area contributed by atoms with Crippen LogP contribution in [0.3, 0.4) is 0 Å². The van der Waals surface area contributed by atoms with E-state index in [9.17, 15) is 18.0 Å². The van der Waals surface area contributed by atoms with Gasteiger partial charge in [-0.2, -0.15) is 0 Å². The first-order valence-electron chi connectivity index (χ1n) is 8.97. The third-order valence-electron chi connectivity index (χ3n) is 4.24. The lowest BCUT2D eigenvalue weighted by Gasteiger charge is -2.15. The number of nitrogens with zero attached hydrogens (tertiary/aromatic N) is 1. The van der Waals surface area contributed by atoms with Crippen molar-refractivity contribution in [3.8, 4) is 5.75 Å². The number of amides is 2. The molecule has 148 valence electrons. The summed E-state index contributed by atoms with van der Waals surface area (Å²) in [5.74, 6) is -0.173. The van der Waals surface area contributed by atoms with E-state index in [1.807, 2.05) is 38.1 Å². The zero-order valence-corrected chi connectivity index (χ0v) is 16.5. The Labute approximate surface area is 164 Å². The lowest BCUT2D eigenvalue weighted by Crippen LogP contribution is -2.34. The summed E-state index contributed by atoms with van der Waals surface area (Å²) in [4.78, 5) is 24.4. The zero-order chi connectivity index (χ0) is 20.3. The van der Waals surface area contributed by atoms with Gasteiger partial charge in [0.05, 0.1) is 11.7 Å². The highest BCUT2D eigenvalue weighted by Crippen LogP contribution is 2.29. The van der Waals surface area contributed by atoms with E-state index >= 15 is 0 Å². The molecule has 0 fully saturated rings. The number of ether oxygens (including phenoxy) is 1. The third-order valence-corrected chi connectivity index (χ3v) is 6.08. The summed E-state index contributed by atoms with van der Waals surface area (Å²) in [6, 6.07) is 13.4. The van der Waals surface area contributed by atoms with Crippen molar-refractivity contribution in [1.29, 1.82) is 0 Å². The summed E-state index contributed by atoms with van der Waals surface area (Å²) in [7, 11) is -3.88. The molecule has 0 aromatic heterocycles. The van der Waals surface area contributed by atoms with Crippen LogP contribution in [0.15, 0.2) is 53.4 Å². The Kier molecular flexibility index (Phi) is 5.69. The summed E-state index contributed by atoms with van der Waals surface area (Å²) < 4.78 is 31.2. The standard InChI is InChI=1S/C20H22N2O5S/c1-14(2)27-16-9-7-15(8-10-16)13-21-19(23)11-12-22-20(24)17-5-3-4-6-18(17)28(22,25)26/h3-10,14H,11-13H2,1-2H3,(H,21,23). The Morgan fingerprint density at radius 1 is 1.11 bits per heavy atom. The van der Waals surface area contributed by atoms with Gasteiger partial charge in [0.25, 0.3) is 15.9 Å². The van der Waals surface area contributed by atoms with Gasteiger partial charge in [0, 0.05) is 19.5 Å². The third kappa shape index (κ3) is 4.17. The van der Waals surface area contributed by atoms with Crippen LogP contribution in [-0.4, -0.2) is 37.2 Å². The molecule has 0 saturated carbocycles. The Morgan fingerprint density at radius 3 is 2.43 bits per heavy atom. The second-order valence-corrected chi connectivity index (χ2v) is 8.55. The number of hydrogen-bond donors (Lipinski definition) is 1.